The molecule has 0 bridgehead atoms. The molecule has 2 heterocycles. The van der Waals surface area contributed by atoms with Gasteiger partial charge in [-0.2, -0.15) is 0 Å². The highest BCUT2D eigenvalue weighted by Gasteiger charge is 2.40. The maximum absolute atomic E-state index is 12.7. The zero-order chi connectivity index (χ0) is 15.3. The summed E-state index contributed by atoms with van der Waals surface area (Å²) in [5.41, 5.74) is -0.474. The molecule has 6 heteroatoms. The van der Waals surface area contributed by atoms with E-state index in [4.69, 9.17) is 0 Å². The van der Waals surface area contributed by atoms with Gasteiger partial charge in [0.2, 0.25) is 5.91 Å². The first-order valence-electron chi connectivity index (χ1n) is 7.37. The molecule has 1 aliphatic rings. The quantitative estimate of drug-likeness (QED) is 0.752. The maximum atomic E-state index is 12.7. The first kappa shape index (κ1) is 16.0. The number of nitrogens with one attached hydrogen (secondary N) is 2. The Bertz CT molecular complexity index is 476. The van der Waals surface area contributed by atoms with Crippen molar-refractivity contribution in [3.8, 4) is 0 Å². The highest BCUT2D eigenvalue weighted by molar-refractivity contribution is 7.10. The molecule has 2 atom stereocenters. The van der Waals surface area contributed by atoms with Crippen molar-refractivity contribution < 1.29 is 14.7 Å². The van der Waals surface area contributed by atoms with Crippen LogP contribution >= 0.6 is 11.3 Å². The van der Waals surface area contributed by atoms with Gasteiger partial charge in [-0.3, -0.25) is 4.79 Å². The van der Waals surface area contributed by atoms with E-state index >= 15 is 0 Å². The topological polar surface area (TPSA) is 78.4 Å². The Balaban J connectivity index is 2.14. The SMILES string of the molecule is CCCC1(C(=O)NC(C(=O)O)c2cccs2)CCCNC1. The third-order valence-corrected chi connectivity index (χ3v) is 4.97. The van der Waals surface area contributed by atoms with Crippen LogP contribution in [0.25, 0.3) is 0 Å². The van der Waals surface area contributed by atoms with E-state index in [0.29, 0.717) is 11.4 Å². The number of piperidine rings is 1. The van der Waals surface area contributed by atoms with Gasteiger partial charge in [0.15, 0.2) is 6.04 Å². The van der Waals surface area contributed by atoms with Crippen molar-refractivity contribution in [3.63, 3.8) is 0 Å². The molecule has 2 rings (SSSR count). The van der Waals surface area contributed by atoms with E-state index in [1.807, 2.05) is 5.38 Å². The third-order valence-electron chi connectivity index (χ3n) is 4.03. The molecule has 0 spiro atoms. The number of carboxylic acids is 1. The summed E-state index contributed by atoms with van der Waals surface area (Å²) in [6.45, 7) is 3.60. The van der Waals surface area contributed by atoms with Crippen molar-refractivity contribution in [1.82, 2.24) is 10.6 Å². The lowest BCUT2D eigenvalue weighted by Crippen LogP contribution is -2.52. The summed E-state index contributed by atoms with van der Waals surface area (Å²) >= 11 is 1.35. The first-order valence-corrected chi connectivity index (χ1v) is 8.25. The molecule has 21 heavy (non-hydrogen) atoms. The number of aliphatic carboxylic acids is 1. The molecule has 2 unspecified atom stereocenters. The molecule has 0 aliphatic carbocycles. The van der Waals surface area contributed by atoms with Gasteiger partial charge in [-0.15, -0.1) is 11.3 Å². The van der Waals surface area contributed by atoms with Crippen molar-refractivity contribution in [2.75, 3.05) is 13.1 Å². The van der Waals surface area contributed by atoms with E-state index in [-0.39, 0.29) is 5.91 Å². The summed E-state index contributed by atoms with van der Waals surface area (Å²) in [4.78, 5) is 24.8. The standard InChI is InChI=1S/C15H22N2O3S/c1-2-6-15(7-4-8-16-10-15)14(20)17-12(13(18)19)11-5-3-9-21-11/h3,5,9,12,16H,2,4,6-8,10H2,1H3,(H,17,20)(H,18,19). The number of carboxylic acid groups (broad SMARTS) is 1. The molecule has 3 N–H and O–H groups in total. The van der Waals surface area contributed by atoms with Crippen LogP contribution in [0, 0.1) is 5.41 Å². The molecule has 0 aromatic carbocycles. The van der Waals surface area contributed by atoms with Crippen molar-refractivity contribution >= 4 is 23.2 Å². The Morgan fingerprint density at radius 3 is 2.90 bits per heavy atom. The molecular weight excluding hydrogens is 288 g/mol. The van der Waals surface area contributed by atoms with Crippen LogP contribution < -0.4 is 10.6 Å². The molecule has 0 saturated carbocycles. The second kappa shape index (κ2) is 7.04. The molecule has 1 saturated heterocycles. The van der Waals surface area contributed by atoms with Crippen molar-refractivity contribution in [2.24, 2.45) is 5.41 Å². The number of hydrogen-bond donors (Lipinski definition) is 3. The van der Waals surface area contributed by atoms with Crippen LogP contribution in [0.2, 0.25) is 0 Å². The minimum Gasteiger partial charge on any atom is -0.479 e. The molecule has 1 fully saturated rings. The van der Waals surface area contributed by atoms with Crippen LogP contribution in [0.1, 0.15) is 43.5 Å². The van der Waals surface area contributed by atoms with Crippen molar-refractivity contribution in [2.45, 2.75) is 38.6 Å². The van der Waals surface area contributed by atoms with E-state index < -0.39 is 17.4 Å². The Hall–Kier alpha value is -1.40. The lowest BCUT2D eigenvalue weighted by atomic mass is 9.76. The molecule has 116 valence electrons. The van der Waals surface area contributed by atoms with Gasteiger partial charge in [0.25, 0.3) is 0 Å². The Morgan fingerprint density at radius 2 is 2.38 bits per heavy atom. The Kier molecular flexibility index (Phi) is 5.36. The minimum atomic E-state index is -1.01. The zero-order valence-electron chi connectivity index (χ0n) is 12.2. The van der Waals surface area contributed by atoms with Gasteiger partial charge in [0, 0.05) is 11.4 Å². The number of hydrogen-bond acceptors (Lipinski definition) is 4. The van der Waals surface area contributed by atoms with E-state index in [9.17, 15) is 14.7 Å². The first-order chi connectivity index (χ1) is 10.1. The fourth-order valence-electron chi connectivity index (χ4n) is 2.96. The van der Waals surface area contributed by atoms with Gasteiger partial charge in [-0.1, -0.05) is 19.4 Å². The number of thiophene rings is 1. The molecule has 1 amide bonds. The van der Waals surface area contributed by atoms with E-state index in [1.54, 1.807) is 12.1 Å². The average molecular weight is 310 g/mol. The molecular formula is C15H22N2O3S. The smallest absolute Gasteiger partial charge is 0.331 e. The van der Waals surface area contributed by atoms with E-state index in [0.717, 1.165) is 32.2 Å². The lowest BCUT2D eigenvalue weighted by molar-refractivity contribution is -0.144. The van der Waals surface area contributed by atoms with Gasteiger partial charge >= 0.3 is 5.97 Å². The number of carbonyl (C=O) groups excluding carboxylic acids is 1. The van der Waals surface area contributed by atoms with Crippen LogP contribution in [-0.4, -0.2) is 30.1 Å². The predicted molar refractivity (Wildman–Crippen MR) is 82.3 cm³/mol. The summed E-state index contributed by atoms with van der Waals surface area (Å²) in [5, 5.41) is 17.2. The lowest BCUT2D eigenvalue weighted by Gasteiger charge is -2.36. The van der Waals surface area contributed by atoms with Crippen LogP contribution in [0.4, 0.5) is 0 Å². The van der Waals surface area contributed by atoms with Crippen LogP contribution in [0.3, 0.4) is 0 Å². The molecule has 5 nitrogen and oxygen atoms in total. The summed E-state index contributed by atoms with van der Waals surface area (Å²) in [5.74, 6) is -1.15. The monoisotopic (exact) mass is 310 g/mol. The number of carbonyl (C=O) groups is 2. The molecule has 1 aliphatic heterocycles. The van der Waals surface area contributed by atoms with Crippen LogP contribution in [-0.2, 0) is 9.59 Å². The third kappa shape index (κ3) is 3.63. The maximum Gasteiger partial charge on any atom is 0.331 e. The summed E-state index contributed by atoms with van der Waals surface area (Å²) in [6, 6.07) is 2.59. The average Bonchev–Trinajstić information content (AvgIpc) is 2.99. The van der Waals surface area contributed by atoms with E-state index in [2.05, 4.69) is 17.6 Å². The van der Waals surface area contributed by atoms with Gasteiger partial charge in [-0.05, 0) is 37.3 Å². The summed E-state index contributed by atoms with van der Waals surface area (Å²) in [6.07, 6.45) is 3.45. The highest BCUT2D eigenvalue weighted by Crippen LogP contribution is 2.33. The van der Waals surface area contributed by atoms with Crippen molar-refractivity contribution in [1.29, 1.82) is 0 Å². The fraction of sp³-hybridized carbons (Fsp3) is 0.600. The summed E-state index contributed by atoms with van der Waals surface area (Å²) in [7, 11) is 0. The van der Waals surface area contributed by atoms with Crippen LogP contribution in [0.15, 0.2) is 17.5 Å². The minimum absolute atomic E-state index is 0.141. The largest absolute Gasteiger partial charge is 0.479 e. The van der Waals surface area contributed by atoms with E-state index in [1.165, 1.54) is 11.3 Å². The number of rotatable bonds is 6. The predicted octanol–water partition coefficient (Wildman–Crippen LogP) is 2.16. The number of amides is 1. The summed E-state index contributed by atoms with van der Waals surface area (Å²) < 4.78 is 0. The Morgan fingerprint density at radius 1 is 1.57 bits per heavy atom. The Labute approximate surface area is 128 Å². The normalized spacial score (nSPS) is 23.5. The van der Waals surface area contributed by atoms with Gasteiger partial charge in [-0.25, -0.2) is 4.79 Å². The van der Waals surface area contributed by atoms with Gasteiger partial charge in [0.05, 0.1) is 5.41 Å². The second-order valence-corrected chi connectivity index (χ2v) is 6.55. The van der Waals surface area contributed by atoms with Crippen LogP contribution in [0.5, 0.6) is 0 Å². The van der Waals surface area contributed by atoms with Gasteiger partial charge < -0.3 is 15.7 Å². The fourth-order valence-corrected chi connectivity index (χ4v) is 3.73. The molecule has 1 aromatic rings. The van der Waals surface area contributed by atoms with Gasteiger partial charge in [0.1, 0.15) is 0 Å². The molecule has 0 radical (unpaired) electrons. The second-order valence-electron chi connectivity index (χ2n) is 5.57. The highest BCUT2D eigenvalue weighted by atomic mass is 32.1. The molecule has 1 aromatic heterocycles. The zero-order valence-corrected chi connectivity index (χ0v) is 13.0. The van der Waals surface area contributed by atoms with Crippen molar-refractivity contribution in [3.05, 3.63) is 22.4 Å².